The SMILES string of the molecule is Cc1cc2c3c(c1)c1c(n3CCC=C(c3ccn(C)c3)C2)C2CCCC2NC1. The van der Waals surface area contributed by atoms with E-state index in [4.69, 9.17) is 0 Å². The van der Waals surface area contributed by atoms with Crippen molar-refractivity contribution in [3.05, 3.63) is 64.6 Å². The fourth-order valence-electron chi connectivity index (χ4n) is 6.12. The Morgan fingerprint density at radius 3 is 2.96 bits per heavy atom. The summed E-state index contributed by atoms with van der Waals surface area (Å²) in [6.45, 7) is 4.42. The molecular formula is C25H29N3. The van der Waals surface area contributed by atoms with Crippen molar-refractivity contribution in [2.45, 2.75) is 64.1 Å². The number of aryl methyl sites for hydroxylation is 3. The summed E-state index contributed by atoms with van der Waals surface area (Å²) in [6, 6.07) is 7.83. The second-order valence-corrected chi connectivity index (χ2v) is 9.12. The highest BCUT2D eigenvalue weighted by Crippen LogP contribution is 2.45. The minimum Gasteiger partial charge on any atom is -0.357 e. The van der Waals surface area contributed by atoms with Crippen LogP contribution in [0.2, 0.25) is 0 Å². The monoisotopic (exact) mass is 371 g/mol. The number of hydrogen-bond acceptors (Lipinski definition) is 1. The summed E-state index contributed by atoms with van der Waals surface area (Å²) in [5, 5.41) is 5.38. The molecule has 2 atom stereocenters. The van der Waals surface area contributed by atoms with Gasteiger partial charge in [-0.1, -0.05) is 24.1 Å². The third-order valence-electron chi connectivity index (χ3n) is 7.26. The van der Waals surface area contributed by atoms with Crippen molar-refractivity contribution in [2.24, 2.45) is 7.05 Å². The molecule has 3 nitrogen and oxygen atoms in total. The molecule has 28 heavy (non-hydrogen) atoms. The summed E-state index contributed by atoms with van der Waals surface area (Å²) in [4.78, 5) is 0. The highest BCUT2D eigenvalue weighted by molar-refractivity contribution is 5.91. The van der Waals surface area contributed by atoms with Crippen LogP contribution in [-0.4, -0.2) is 15.2 Å². The number of aromatic nitrogens is 2. The van der Waals surface area contributed by atoms with Gasteiger partial charge in [0.1, 0.15) is 0 Å². The molecule has 0 saturated heterocycles. The lowest BCUT2D eigenvalue weighted by Crippen LogP contribution is -2.36. The molecule has 1 aliphatic carbocycles. The van der Waals surface area contributed by atoms with E-state index in [-0.39, 0.29) is 0 Å². The van der Waals surface area contributed by atoms with Gasteiger partial charge < -0.3 is 14.5 Å². The highest BCUT2D eigenvalue weighted by atomic mass is 15.0. The Labute approximate surface area is 167 Å². The normalized spacial score (nSPS) is 23.9. The van der Waals surface area contributed by atoms with Gasteiger partial charge in [0.25, 0.3) is 0 Å². The van der Waals surface area contributed by atoms with E-state index >= 15 is 0 Å². The Bertz CT molecular complexity index is 1110. The molecule has 6 rings (SSSR count). The molecule has 0 bridgehead atoms. The number of fused-ring (bicyclic) bond motifs is 5. The quantitative estimate of drug-likeness (QED) is 0.635. The predicted octanol–water partition coefficient (Wildman–Crippen LogP) is 5.06. The smallest absolute Gasteiger partial charge is 0.0522 e. The standard InChI is InChI=1S/C25H29N3/c1-16-11-19-13-17(18-8-10-27(2)15-18)5-4-9-28-24(19)21(12-16)22-14-26-23-7-3-6-20(23)25(22)28/h5,8,10-12,15,20,23,26H,3-4,6-7,9,13-14H2,1-2H3. The topological polar surface area (TPSA) is 21.9 Å². The van der Waals surface area contributed by atoms with Crippen molar-refractivity contribution >= 4 is 16.5 Å². The van der Waals surface area contributed by atoms with Gasteiger partial charge in [-0.3, -0.25) is 0 Å². The molecule has 1 aromatic carbocycles. The predicted molar refractivity (Wildman–Crippen MR) is 116 cm³/mol. The second kappa shape index (κ2) is 6.12. The van der Waals surface area contributed by atoms with Crippen molar-refractivity contribution in [1.82, 2.24) is 14.5 Å². The molecular weight excluding hydrogens is 342 g/mol. The maximum absolute atomic E-state index is 3.87. The molecule has 1 N–H and O–H groups in total. The molecule has 2 unspecified atom stereocenters. The Balaban J connectivity index is 1.56. The minimum absolute atomic E-state index is 0.693. The van der Waals surface area contributed by atoms with Gasteiger partial charge in [0, 0.05) is 55.6 Å². The molecule has 0 spiro atoms. The molecule has 2 aliphatic heterocycles. The average molecular weight is 372 g/mol. The molecule has 3 heteroatoms. The Morgan fingerprint density at radius 1 is 1.18 bits per heavy atom. The van der Waals surface area contributed by atoms with Crippen LogP contribution in [0.5, 0.6) is 0 Å². The van der Waals surface area contributed by atoms with Gasteiger partial charge in [-0.25, -0.2) is 0 Å². The third-order valence-corrected chi connectivity index (χ3v) is 7.26. The van der Waals surface area contributed by atoms with Crippen molar-refractivity contribution in [2.75, 3.05) is 0 Å². The minimum atomic E-state index is 0.693. The van der Waals surface area contributed by atoms with Gasteiger partial charge >= 0.3 is 0 Å². The summed E-state index contributed by atoms with van der Waals surface area (Å²) < 4.78 is 4.88. The molecule has 2 aromatic heterocycles. The third kappa shape index (κ3) is 2.39. The van der Waals surface area contributed by atoms with Crippen molar-refractivity contribution in [3.63, 3.8) is 0 Å². The zero-order valence-corrected chi connectivity index (χ0v) is 17.0. The van der Waals surface area contributed by atoms with E-state index in [1.54, 1.807) is 11.3 Å². The van der Waals surface area contributed by atoms with Crippen molar-refractivity contribution in [3.8, 4) is 0 Å². The molecule has 0 radical (unpaired) electrons. The number of nitrogens with one attached hydrogen (secondary N) is 1. The van der Waals surface area contributed by atoms with E-state index < -0.39 is 0 Å². The van der Waals surface area contributed by atoms with Crippen LogP contribution in [0, 0.1) is 6.92 Å². The number of benzene rings is 1. The van der Waals surface area contributed by atoms with Crippen LogP contribution in [-0.2, 0) is 26.6 Å². The van der Waals surface area contributed by atoms with Crippen molar-refractivity contribution in [1.29, 1.82) is 0 Å². The van der Waals surface area contributed by atoms with Gasteiger partial charge in [-0.15, -0.1) is 0 Å². The molecule has 4 heterocycles. The van der Waals surface area contributed by atoms with Gasteiger partial charge in [0.15, 0.2) is 0 Å². The van der Waals surface area contributed by atoms with Gasteiger partial charge in [-0.2, -0.15) is 0 Å². The van der Waals surface area contributed by atoms with Gasteiger partial charge in [0.05, 0.1) is 5.52 Å². The maximum atomic E-state index is 3.87. The number of hydrogen-bond donors (Lipinski definition) is 1. The fraction of sp³-hybridized carbons (Fsp3) is 0.440. The maximum Gasteiger partial charge on any atom is 0.0522 e. The summed E-state index contributed by atoms with van der Waals surface area (Å²) in [6.07, 6.45) is 13.1. The van der Waals surface area contributed by atoms with E-state index in [1.165, 1.54) is 52.4 Å². The first kappa shape index (κ1) is 16.7. The Kier molecular flexibility index (Phi) is 3.64. The fourth-order valence-corrected chi connectivity index (χ4v) is 6.12. The van der Waals surface area contributed by atoms with Crippen LogP contribution < -0.4 is 5.32 Å². The van der Waals surface area contributed by atoms with Crippen molar-refractivity contribution < 1.29 is 0 Å². The van der Waals surface area contributed by atoms with E-state index in [0.29, 0.717) is 12.0 Å². The highest BCUT2D eigenvalue weighted by Gasteiger charge is 2.37. The number of nitrogens with zero attached hydrogens (tertiary/aromatic N) is 2. The van der Waals surface area contributed by atoms with Gasteiger partial charge in [0.2, 0.25) is 0 Å². The zero-order valence-electron chi connectivity index (χ0n) is 17.0. The number of rotatable bonds is 1. The van der Waals surface area contributed by atoms with Crippen LogP contribution in [0.3, 0.4) is 0 Å². The van der Waals surface area contributed by atoms with E-state index in [0.717, 1.165) is 25.9 Å². The molecule has 1 saturated carbocycles. The molecule has 0 amide bonds. The Morgan fingerprint density at radius 2 is 2.11 bits per heavy atom. The van der Waals surface area contributed by atoms with E-state index in [9.17, 15) is 0 Å². The first-order valence-corrected chi connectivity index (χ1v) is 10.9. The first-order valence-electron chi connectivity index (χ1n) is 10.9. The lowest BCUT2D eigenvalue weighted by atomic mass is 9.90. The number of allylic oxidation sites excluding steroid dienone is 2. The van der Waals surface area contributed by atoms with Crippen LogP contribution >= 0.6 is 0 Å². The lowest BCUT2D eigenvalue weighted by molar-refractivity contribution is 0.428. The molecule has 3 aliphatic rings. The van der Waals surface area contributed by atoms with Gasteiger partial charge in [-0.05, 0) is 67.0 Å². The molecule has 3 aromatic rings. The first-order chi connectivity index (χ1) is 13.7. The summed E-state index contributed by atoms with van der Waals surface area (Å²) in [5.74, 6) is 0.710. The summed E-state index contributed by atoms with van der Waals surface area (Å²) in [7, 11) is 2.11. The molecule has 1 fully saturated rings. The van der Waals surface area contributed by atoms with E-state index in [2.05, 4.69) is 65.1 Å². The van der Waals surface area contributed by atoms with Crippen LogP contribution in [0.25, 0.3) is 16.5 Å². The summed E-state index contributed by atoms with van der Waals surface area (Å²) in [5.41, 5.74) is 10.5. The van der Waals surface area contributed by atoms with Crippen LogP contribution in [0.15, 0.2) is 36.7 Å². The zero-order chi connectivity index (χ0) is 18.8. The Hall–Kier alpha value is -2.26. The van der Waals surface area contributed by atoms with E-state index in [1.807, 2.05) is 0 Å². The second-order valence-electron chi connectivity index (χ2n) is 9.12. The van der Waals surface area contributed by atoms with Crippen LogP contribution in [0.1, 0.15) is 59.5 Å². The molecule has 144 valence electrons. The average Bonchev–Trinajstić information content (AvgIpc) is 3.36. The largest absolute Gasteiger partial charge is 0.357 e. The van der Waals surface area contributed by atoms with Crippen LogP contribution in [0.4, 0.5) is 0 Å². The lowest BCUT2D eigenvalue weighted by Gasteiger charge is -2.29. The summed E-state index contributed by atoms with van der Waals surface area (Å²) >= 11 is 0.